The van der Waals surface area contributed by atoms with Crippen molar-refractivity contribution in [3.63, 3.8) is 0 Å². The minimum Gasteiger partial charge on any atom is -0.465 e. The largest absolute Gasteiger partial charge is 0.465 e. The Bertz CT molecular complexity index is 892. The summed E-state index contributed by atoms with van der Waals surface area (Å²) in [5, 5.41) is 2.77. The quantitative estimate of drug-likeness (QED) is 0.725. The number of aryl methyl sites for hydroxylation is 1. The fourth-order valence-electron chi connectivity index (χ4n) is 3.47. The molecule has 3 rings (SSSR count). The summed E-state index contributed by atoms with van der Waals surface area (Å²) < 4.78 is 4.76. The number of hydrogen-bond acceptors (Lipinski definition) is 4. The van der Waals surface area contributed by atoms with Gasteiger partial charge in [-0.1, -0.05) is 37.6 Å². The third-order valence-electron chi connectivity index (χ3n) is 5.15. The maximum absolute atomic E-state index is 12.7. The minimum atomic E-state index is -0.520. The summed E-state index contributed by atoms with van der Waals surface area (Å²) in [6, 6.07) is 14.6. The standard InChI is InChI=1S/C23H26N2O4/c1-3-4-7-16-10-12-18(13-11-16)25-15-17(14-21(25)26)22(27)24-20-9-6-5-8-19(20)23(28)29-2/h5-6,8-13,17H,3-4,7,14-15H2,1-2H3,(H,24,27)/t17-/m1/s1. The van der Waals surface area contributed by atoms with E-state index in [2.05, 4.69) is 12.2 Å². The summed E-state index contributed by atoms with van der Waals surface area (Å²) in [5.41, 5.74) is 2.72. The average molecular weight is 394 g/mol. The Morgan fingerprint density at radius 2 is 1.86 bits per heavy atom. The van der Waals surface area contributed by atoms with E-state index in [1.54, 1.807) is 29.2 Å². The number of carbonyl (C=O) groups excluding carboxylic acids is 3. The number of esters is 1. The van der Waals surface area contributed by atoms with Crippen LogP contribution in [0.4, 0.5) is 11.4 Å². The van der Waals surface area contributed by atoms with Crippen LogP contribution in [0.2, 0.25) is 0 Å². The van der Waals surface area contributed by atoms with Crippen LogP contribution in [0.5, 0.6) is 0 Å². The molecular weight excluding hydrogens is 368 g/mol. The molecule has 0 aliphatic carbocycles. The van der Waals surface area contributed by atoms with Crippen LogP contribution in [-0.2, 0) is 20.7 Å². The molecule has 1 aliphatic heterocycles. The summed E-state index contributed by atoms with van der Waals surface area (Å²) in [7, 11) is 1.29. The molecule has 1 heterocycles. The van der Waals surface area contributed by atoms with E-state index in [0.717, 1.165) is 24.9 Å². The predicted molar refractivity (Wildman–Crippen MR) is 112 cm³/mol. The molecule has 0 bridgehead atoms. The lowest BCUT2D eigenvalue weighted by molar-refractivity contribution is -0.122. The zero-order chi connectivity index (χ0) is 20.8. The number of nitrogens with one attached hydrogen (secondary N) is 1. The van der Waals surface area contributed by atoms with Gasteiger partial charge in [0.25, 0.3) is 0 Å². The number of methoxy groups -OCH3 is 1. The van der Waals surface area contributed by atoms with Crippen LogP contribution >= 0.6 is 0 Å². The maximum Gasteiger partial charge on any atom is 0.339 e. The Labute approximate surface area is 170 Å². The van der Waals surface area contributed by atoms with Crippen LogP contribution in [0.25, 0.3) is 0 Å². The number of para-hydroxylation sites is 1. The van der Waals surface area contributed by atoms with E-state index in [-0.39, 0.29) is 23.8 Å². The van der Waals surface area contributed by atoms with Crippen molar-refractivity contribution >= 4 is 29.2 Å². The van der Waals surface area contributed by atoms with Gasteiger partial charge >= 0.3 is 5.97 Å². The molecule has 1 saturated heterocycles. The van der Waals surface area contributed by atoms with E-state index in [9.17, 15) is 14.4 Å². The van der Waals surface area contributed by atoms with Gasteiger partial charge in [0.15, 0.2) is 0 Å². The Morgan fingerprint density at radius 3 is 2.55 bits per heavy atom. The second kappa shape index (κ2) is 9.37. The van der Waals surface area contributed by atoms with Crippen molar-refractivity contribution in [2.45, 2.75) is 32.6 Å². The van der Waals surface area contributed by atoms with Crippen molar-refractivity contribution in [2.75, 3.05) is 23.9 Å². The van der Waals surface area contributed by atoms with Crippen LogP contribution in [-0.4, -0.2) is 31.4 Å². The summed E-state index contributed by atoms with van der Waals surface area (Å²) in [6.07, 6.45) is 3.44. The van der Waals surface area contributed by atoms with Crippen molar-refractivity contribution in [1.29, 1.82) is 0 Å². The number of amides is 2. The molecule has 2 amide bonds. The number of anilines is 2. The van der Waals surface area contributed by atoms with E-state index in [4.69, 9.17) is 4.74 Å². The van der Waals surface area contributed by atoms with Gasteiger partial charge in [-0.05, 0) is 42.7 Å². The highest BCUT2D eigenvalue weighted by molar-refractivity contribution is 6.06. The molecule has 0 aromatic heterocycles. The molecule has 0 radical (unpaired) electrons. The number of benzene rings is 2. The van der Waals surface area contributed by atoms with E-state index in [1.165, 1.54) is 12.7 Å². The summed E-state index contributed by atoms with van der Waals surface area (Å²) in [5.74, 6) is -1.36. The molecular formula is C23H26N2O4. The normalized spacial score (nSPS) is 16.0. The molecule has 2 aromatic carbocycles. The van der Waals surface area contributed by atoms with Gasteiger partial charge in [-0.3, -0.25) is 9.59 Å². The molecule has 6 nitrogen and oxygen atoms in total. The third kappa shape index (κ3) is 4.83. The Hall–Kier alpha value is -3.15. The first kappa shape index (κ1) is 20.6. The van der Waals surface area contributed by atoms with Crippen LogP contribution in [0, 0.1) is 5.92 Å². The van der Waals surface area contributed by atoms with Crippen molar-refractivity contribution in [1.82, 2.24) is 0 Å². The topological polar surface area (TPSA) is 75.7 Å². The molecule has 1 atom stereocenters. The molecule has 6 heteroatoms. The minimum absolute atomic E-state index is 0.0762. The molecule has 29 heavy (non-hydrogen) atoms. The van der Waals surface area contributed by atoms with Crippen LogP contribution < -0.4 is 10.2 Å². The van der Waals surface area contributed by atoms with Gasteiger partial charge in [-0.25, -0.2) is 4.79 Å². The maximum atomic E-state index is 12.7. The van der Waals surface area contributed by atoms with E-state index >= 15 is 0 Å². The second-order valence-corrected chi connectivity index (χ2v) is 7.20. The lowest BCUT2D eigenvalue weighted by Gasteiger charge is -2.17. The summed E-state index contributed by atoms with van der Waals surface area (Å²) >= 11 is 0. The lowest BCUT2D eigenvalue weighted by atomic mass is 10.1. The molecule has 2 aromatic rings. The third-order valence-corrected chi connectivity index (χ3v) is 5.15. The zero-order valence-electron chi connectivity index (χ0n) is 16.8. The molecule has 152 valence electrons. The average Bonchev–Trinajstić information content (AvgIpc) is 3.14. The number of hydrogen-bond donors (Lipinski definition) is 1. The summed E-state index contributed by atoms with van der Waals surface area (Å²) in [6.45, 7) is 2.48. The summed E-state index contributed by atoms with van der Waals surface area (Å²) in [4.78, 5) is 38.8. The highest BCUT2D eigenvalue weighted by atomic mass is 16.5. The van der Waals surface area contributed by atoms with Gasteiger partial charge in [0.05, 0.1) is 24.3 Å². The van der Waals surface area contributed by atoms with Crippen LogP contribution in [0.15, 0.2) is 48.5 Å². The second-order valence-electron chi connectivity index (χ2n) is 7.20. The van der Waals surface area contributed by atoms with Gasteiger partial charge in [0.1, 0.15) is 0 Å². The SMILES string of the molecule is CCCCc1ccc(N2C[C@H](C(=O)Nc3ccccc3C(=O)OC)CC2=O)cc1. The van der Waals surface area contributed by atoms with Crippen molar-refractivity contribution < 1.29 is 19.1 Å². The zero-order valence-corrected chi connectivity index (χ0v) is 16.8. The molecule has 1 aliphatic rings. The van der Waals surface area contributed by atoms with Crippen LogP contribution in [0.1, 0.15) is 42.1 Å². The molecule has 1 N–H and O–H groups in total. The Balaban J connectivity index is 1.67. The number of nitrogens with zero attached hydrogens (tertiary/aromatic N) is 1. The highest BCUT2D eigenvalue weighted by Gasteiger charge is 2.35. The monoisotopic (exact) mass is 394 g/mol. The van der Waals surface area contributed by atoms with Gasteiger partial charge in [-0.15, -0.1) is 0 Å². The Morgan fingerprint density at radius 1 is 1.14 bits per heavy atom. The van der Waals surface area contributed by atoms with Gasteiger partial charge in [0, 0.05) is 18.7 Å². The van der Waals surface area contributed by atoms with Crippen LogP contribution in [0.3, 0.4) is 0 Å². The first-order valence-electron chi connectivity index (χ1n) is 9.91. The van der Waals surface area contributed by atoms with Crippen molar-refractivity contribution in [3.8, 4) is 0 Å². The number of unbranched alkanes of at least 4 members (excludes halogenated alkanes) is 1. The smallest absolute Gasteiger partial charge is 0.339 e. The number of carbonyl (C=O) groups is 3. The molecule has 0 saturated carbocycles. The predicted octanol–water partition coefficient (Wildman–Crippen LogP) is 3.81. The fraction of sp³-hybridized carbons (Fsp3) is 0.348. The highest BCUT2D eigenvalue weighted by Crippen LogP contribution is 2.27. The van der Waals surface area contributed by atoms with Crippen molar-refractivity contribution in [3.05, 3.63) is 59.7 Å². The number of ether oxygens (including phenoxy) is 1. The van der Waals surface area contributed by atoms with Gasteiger partial charge in [-0.2, -0.15) is 0 Å². The molecule has 0 spiro atoms. The van der Waals surface area contributed by atoms with E-state index in [1.807, 2.05) is 24.3 Å². The van der Waals surface area contributed by atoms with Crippen molar-refractivity contribution in [2.24, 2.45) is 5.92 Å². The molecule has 1 fully saturated rings. The van der Waals surface area contributed by atoms with Gasteiger partial charge < -0.3 is 15.0 Å². The molecule has 0 unspecified atom stereocenters. The van der Waals surface area contributed by atoms with E-state index in [0.29, 0.717) is 12.2 Å². The lowest BCUT2D eigenvalue weighted by Crippen LogP contribution is -2.28. The van der Waals surface area contributed by atoms with E-state index < -0.39 is 11.9 Å². The first-order valence-corrected chi connectivity index (χ1v) is 9.91. The first-order chi connectivity index (χ1) is 14.0. The fourth-order valence-corrected chi connectivity index (χ4v) is 3.47. The number of rotatable bonds is 7. The van der Waals surface area contributed by atoms with Gasteiger partial charge in [0.2, 0.25) is 11.8 Å². The Kier molecular flexibility index (Phi) is 6.65.